The van der Waals surface area contributed by atoms with E-state index in [9.17, 15) is 18.0 Å². The lowest BCUT2D eigenvalue weighted by atomic mass is 10.1. The first-order chi connectivity index (χ1) is 12.5. The fourth-order valence-electron chi connectivity index (χ4n) is 2.49. The van der Waals surface area contributed by atoms with Crippen molar-refractivity contribution in [2.75, 3.05) is 0 Å². The molecule has 26 heavy (non-hydrogen) atoms. The maximum Gasteiger partial charge on any atom is 0.387 e. The van der Waals surface area contributed by atoms with Crippen LogP contribution in [0.2, 0.25) is 0 Å². The van der Waals surface area contributed by atoms with Crippen molar-refractivity contribution in [3.63, 3.8) is 0 Å². The van der Waals surface area contributed by atoms with Gasteiger partial charge in [0, 0.05) is 16.3 Å². The molecule has 0 radical (unpaired) electrons. The minimum absolute atomic E-state index is 0.0737. The highest BCUT2D eigenvalue weighted by atomic mass is 19.3. The fraction of sp³-hybridized carbons (Fsp3) is 0.111. The highest BCUT2D eigenvalue weighted by molar-refractivity contribution is 5.91. The summed E-state index contributed by atoms with van der Waals surface area (Å²) in [4.78, 5) is 14.4. The maximum absolute atomic E-state index is 13.6. The van der Waals surface area contributed by atoms with Crippen LogP contribution >= 0.6 is 0 Å². The smallest absolute Gasteiger partial charge is 0.387 e. The van der Waals surface area contributed by atoms with Crippen molar-refractivity contribution >= 4 is 10.8 Å². The van der Waals surface area contributed by atoms with Crippen LogP contribution in [-0.2, 0) is 6.61 Å². The Morgan fingerprint density at radius 1 is 1.15 bits per heavy atom. The molecule has 0 amide bonds. The highest BCUT2D eigenvalue weighted by Crippen LogP contribution is 2.27. The number of alkyl halides is 2. The van der Waals surface area contributed by atoms with E-state index in [1.807, 2.05) is 0 Å². The molecule has 132 valence electrons. The fourth-order valence-corrected chi connectivity index (χ4v) is 2.49. The molecule has 0 unspecified atom stereocenters. The van der Waals surface area contributed by atoms with Crippen LogP contribution in [0, 0.1) is 17.1 Å². The summed E-state index contributed by atoms with van der Waals surface area (Å²) in [7, 11) is 0. The Kier molecular flexibility index (Phi) is 4.80. The summed E-state index contributed by atoms with van der Waals surface area (Å²) in [6, 6.07) is 11.3. The third kappa shape index (κ3) is 3.47. The van der Waals surface area contributed by atoms with Gasteiger partial charge in [-0.25, -0.2) is 4.39 Å². The molecule has 0 spiro atoms. The van der Waals surface area contributed by atoms with Gasteiger partial charge in [-0.05, 0) is 24.3 Å². The molecule has 0 aliphatic rings. The molecule has 5 nitrogen and oxygen atoms in total. The van der Waals surface area contributed by atoms with Crippen molar-refractivity contribution < 1.29 is 22.6 Å². The molecule has 2 aromatic carbocycles. The number of hydrogen-bond donors (Lipinski definition) is 1. The van der Waals surface area contributed by atoms with Gasteiger partial charge in [0.1, 0.15) is 29.8 Å². The van der Waals surface area contributed by atoms with Gasteiger partial charge in [0.05, 0.1) is 0 Å². The van der Waals surface area contributed by atoms with E-state index < -0.39 is 18.0 Å². The van der Waals surface area contributed by atoms with Crippen molar-refractivity contribution in [1.82, 2.24) is 4.98 Å². The van der Waals surface area contributed by atoms with Crippen LogP contribution in [0.1, 0.15) is 11.1 Å². The SMILES string of the molecule is N#Cc1c(=O)[nH]c(OCc2ccccc2OC(F)F)c2cc(F)ccc12. The van der Waals surface area contributed by atoms with Crippen molar-refractivity contribution in [2.45, 2.75) is 13.2 Å². The van der Waals surface area contributed by atoms with E-state index in [0.717, 1.165) is 12.1 Å². The second-order valence-corrected chi connectivity index (χ2v) is 5.23. The Morgan fingerprint density at radius 3 is 2.65 bits per heavy atom. The molecule has 0 saturated carbocycles. The van der Waals surface area contributed by atoms with Crippen molar-refractivity contribution in [3.05, 3.63) is 69.8 Å². The van der Waals surface area contributed by atoms with Gasteiger partial charge < -0.3 is 9.47 Å². The summed E-state index contributed by atoms with van der Waals surface area (Å²) in [5, 5.41) is 9.53. The Labute approximate surface area is 145 Å². The van der Waals surface area contributed by atoms with Gasteiger partial charge in [-0.15, -0.1) is 0 Å². The number of nitriles is 1. The number of ether oxygens (including phenoxy) is 2. The predicted molar refractivity (Wildman–Crippen MR) is 86.6 cm³/mol. The number of aromatic amines is 1. The van der Waals surface area contributed by atoms with E-state index in [1.54, 1.807) is 12.1 Å². The summed E-state index contributed by atoms with van der Waals surface area (Å²) < 4.78 is 48.4. The lowest BCUT2D eigenvalue weighted by molar-refractivity contribution is -0.0508. The zero-order valence-electron chi connectivity index (χ0n) is 13.1. The molecule has 1 heterocycles. The summed E-state index contributed by atoms with van der Waals surface area (Å²) >= 11 is 0. The molecule has 0 saturated heterocycles. The standard InChI is InChI=1S/C18H11F3N2O3/c19-11-5-6-12-13(7-11)17(23-16(24)14(12)8-22)25-9-10-3-1-2-4-15(10)26-18(20)21/h1-7,18H,9H2,(H,23,24). The molecule has 0 fully saturated rings. The van der Waals surface area contributed by atoms with Gasteiger partial charge in [-0.2, -0.15) is 14.0 Å². The van der Waals surface area contributed by atoms with Crippen LogP contribution in [0.25, 0.3) is 10.8 Å². The first kappa shape index (κ1) is 17.4. The summed E-state index contributed by atoms with van der Waals surface area (Å²) in [5.74, 6) is -0.732. The number of pyridine rings is 1. The van der Waals surface area contributed by atoms with Gasteiger partial charge in [-0.3, -0.25) is 9.78 Å². The molecular formula is C18H11F3N2O3. The number of H-pyrrole nitrogens is 1. The van der Waals surface area contributed by atoms with Crippen LogP contribution in [0.4, 0.5) is 13.2 Å². The minimum Gasteiger partial charge on any atom is -0.473 e. The first-order valence-electron chi connectivity index (χ1n) is 7.40. The first-order valence-corrected chi connectivity index (χ1v) is 7.40. The summed E-state index contributed by atoms with van der Waals surface area (Å²) in [6.07, 6.45) is 0. The average Bonchev–Trinajstić information content (AvgIpc) is 2.60. The third-order valence-electron chi connectivity index (χ3n) is 3.62. The van der Waals surface area contributed by atoms with Crippen LogP contribution in [0.5, 0.6) is 11.6 Å². The monoisotopic (exact) mass is 360 g/mol. The molecular weight excluding hydrogens is 349 g/mol. The molecule has 0 bridgehead atoms. The Hall–Kier alpha value is -3.47. The zero-order chi connectivity index (χ0) is 18.7. The van der Waals surface area contributed by atoms with Crippen LogP contribution in [-0.4, -0.2) is 11.6 Å². The van der Waals surface area contributed by atoms with Gasteiger partial charge in [-0.1, -0.05) is 18.2 Å². The normalized spacial score (nSPS) is 10.7. The van der Waals surface area contributed by atoms with Crippen molar-refractivity contribution in [2.24, 2.45) is 0 Å². The van der Waals surface area contributed by atoms with Crippen molar-refractivity contribution in [1.29, 1.82) is 5.26 Å². The lowest BCUT2D eigenvalue weighted by Gasteiger charge is -2.13. The largest absolute Gasteiger partial charge is 0.473 e. The Balaban J connectivity index is 1.99. The van der Waals surface area contributed by atoms with E-state index in [1.165, 1.54) is 24.3 Å². The predicted octanol–water partition coefficient (Wildman–Crippen LogP) is 3.72. The number of nitrogens with zero attached hydrogens (tertiary/aromatic N) is 1. The zero-order valence-corrected chi connectivity index (χ0v) is 13.1. The Bertz CT molecular complexity index is 1060. The topological polar surface area (TPSA) is 75.1 Å². The number of rotatable bonds is 5. The summed E-state index contributed by atoms with van der Waals surface area (Å²) in [6.45, 7) is -3.21. The van der Waals surface area contributed by atoms with E-state index in [-0.39, 0.29) is 34.6 Å². The van der Waals surface area contributed by atoms with E-state index >= 15 is 0 Å². The quantitative estimate of drug-likeness (QED) is 0.752. The van der Waals surface area contributed by atoms with E-state index in [4.69, 9.17) is 10.00 Å². The highest BCUT2D eigenvalue weighted by Gasteiger charge is 2.14. The Morgan fingerprint density at radius 2 is 1.92 bits per heavy atom. The molecule has 0 aliphatic heterocycles. The number of nitrogens with one attached hydrogen (secondary N) is 1. The average molecular weight is 360 g/mol. The molecule has 3 rings (SSSR count). The van der Waals surface area contributed by atoms with Gasteiger partial charge in [0.25, 0.3) is 5.56 Å². The van der Waals surface area contributed by atoms with Gasteiger partial charge >= 0.3 is 6.61 Å². The molecule has 0 aliphatic carbocycles. The molecule has 0 atom stereocenters. The molecule has 1 N–H and O–H groups in total. The second kappa shape index (κ2) is 7.19. The van der Waals surface area contributed by atoms with E-state index in [2.05, 4.69) is 9.72 Å². The summed E-state index contributed by atoms with van der Waals surface area (Å²) in [5.41, 5.74) is -0.560. The van der Waals surface area contributed by atoms with Gasteiger partial charge in [0.15, 0.2) is 0 Å². The molecule has 3 aromatic rings. The number of para-hydroxylation sites is 1. The van der Waals surface area contributed by atoms with Gasteiger partial charge in [0.2, 0.25) is 5.88 Å². The molecule has 8 heteroatoms. The number of aromatic nitrogens is 1. The van der Waals surface area contributed by atoms with Crippen LogP contribution in [0.15, 0.2) is 47.3 Å². The minimum atomic E-state index is -3.00. The maximum atomic E-state index is 13.6. The number of fused-ring (bicyclic) bond motifs is 1. The lowest BCUT2D eigenvalue weighted by Crippen LogP contribution is -2.13. The number of hydrogen-bond acceptors (Lipinski definition) is 4. The number of halogens is 3. The van der Waals surface area contributed by atoms with Crippen LogP contribution in [0.3, 0.4) is 0 Å². The van der Waals surface area contributed by atoms with Crippen molar-refractivity contribution in [3.8, 4) is 17.7 Å². The second-order valence-electron chi connectivity index (χ2n) is 5.23. The third-order valence-corrected chi connectivity index (χ3v) is 3.62. The van der Waals surface area contributed by atoms with Crippen LogP contribution < -0.4 is 15.0 Å². The number of benzene rings is 2. The van der Waals surface area contributed by atoms with E-state index in [0.29, 0.717) is 5.56 Å². The molecule has 1 aromatic heterocycles.